The molecule has 2 aromatic rings. The summed E-state index contributed by atoms with van der Waals surface area (Å²) in [5, 5.41) is 1.59. The van der Waals surface area contributed by atoms with Crippen LogP contribution in [0, 0.1) is 0 Å². The highest BCUT2D eigenvalue weighted by atomic mass is 32.2. The van der Waals surface area contributed by atoms with E-state index in [4.69, 9.17) is 0 Å². The molecule has 35 heavy (non-hydrogen) atoms. The molecule has 0 aromatic heterocycles. The molecule has 0 saturated carbocycles. The maximum Gasteiger partial charge on any atom is 0.175 e. The second-order valence-corrected chi connectivity index (χ2v) is 18.9. The summed E-state index contributed by atoms with van der Waals surface area (Å²) in [6, 6.07) is 15.6. The number of nitrogens with zero attached hydrogens (tertiary/aromatic N) is 2. The number of rotatable bonds is 8. The average molecular weight is 515 g/mol. The van der Waals surface area contributed by atoms with Crippen LogP contribution in [0.5, 0.6) is 0 Å². The van der Waals surface area contributed by atoms with Crippen molar-refractivity contribution >= 4 is 28.9 Å². The molecule has 0 unspecified atom stereocenters. The van der Waals surface area contributed by atoms with Gasteiger partial charge < -0.3 is 4.90 Å². The minimum Gasteiger partial charge on any atom is -0.302 e. The molecule has 0 N–H and O–H groups in total. The van der Waals surface area contributed by atoms with Crippen LogP contribution in [-0.4, -0.2) is 71.1 Å². The van der Waals surface area contributed by atoms with Crippen LogP contribution in [0.3, 0.4) is 0 Å². The molecule has 0 radical (unpaired) electrons. The summed E-state index contributed by atoms with van der Waals surface area (Å²) in [6.45, 7) is 17.2. The first-order valence-corrected chi connectivity index (χ1v) is 17.5. The number of sulfone groups is 1. The highest BCUT2D eigenvalue weighted by Gasteiger charge is 2.36. The van der Waals surface area contributed by atoms with Crippen LogP contribution in [-0.2, 0) is 16.4 Å². The number of carbonyl (C=O) groups is 1. The molecule has 0 amide bonds. The highest BCUT2D eigenvalue weighted by molar-refractivity contribution is 7.90. The third-order valence-electron chi connectivity index (χ3n) is 7.88. The Labute approximate surface area is 213 Å². The predicted molar refractivity (Wildman–Crippen MR) is 148 cm³/mol. The van der Waals surface area contributed by atoms with Gasteiger partial charge in [0, 0.05) is 44.4 Å². The van der Waals surface area contributed by atoms with Gasteiger partial charge in [-0.15, -0.1) is 0 Å². The van der Waals surface area contributed by atoms with Crippen molar-refractivity contribution in [2.45, 2.75) is 63.2 Å². The van der Waals surface area contributed by atoms with Crippen LogP contribution in [0.25, 0.3) is 0 Å². The maximum absolute atomic E-state index is 13.0. The summed E-state index contributed by atoms with van der Waals surface area (Å²) in [5.41, 5.74) is 1.98. The maximum atomic E-state index is 13.0. The fourth-order valence-corrected chi connectivity index (χ4v) is 6.95. The molecule has 3 rings (SSSR count). The molecule has 2 aromatic carbocycles. The lowest BCUT2D eigenvalue weighted by Crippen LogP contribution is -2.49. The van der Waals surface area contributed by atoms with Crippen LogP contribution in [0.2, 0.25) is 18.1 Å². The van der Waals surface area contributed by atoms with E-state index in [0.29, 0.717) is 11.3 Å². The Kier molecular flexibility index (Phi) is 8.79. The molecule has 0 aliphatic carbocycles. The fourth-order valence-electron chi connectivity index (χ4n) is 4.42. The summed E-state index contributed by atoms with van der Waals surface area (Å²) >= 11 is 0. The van der Waals surface area contributed by atoms with E-state index >= 15 is 0 Å². The van der Waals surface area contributed by atoms with E-state index in [2.05, 4.69) is 61.9 Å². The van der Waals surface area contributed by atoms with Crippen molar-refractivity contribution in [1.29, 1.82) is 0 Å². The molecule has 1 heterocycles. The highest BCUT2D eigenvalue weighted by Crippen LogP contribution is 2.35. The van der Waals surface area contributed by atoms with Crippen molar-refractivity contribution in [2.24, 2.45) is 0 Å². The largest absolute Gasteiger partial charge is 0.302 e. The van der Waals surface area contributed by atoms with Gasteiger partial charge in [-0.3, -0.25) is 9.69 Å². The summed E-state index contributed by atoms with van der Waals surface area (Å²) in [6.07, 6.45) is 2.85. The molecule has 0 bridgehead atoms. The monoisotopic (exact) mass is 514 g/mol. The van der Waals surface area contributed by atoms with Crippen LogP contribution < -0.4 is 5.19 Å². The van der Waals surface area contributed by atoms with Crippen molar-refractivity contribution in [3.8, 4) is 0 Å². The second kappa shape index (κ2) is 11.1. The van der Waals surface area contributed by atoms with E-state index in [-0.39, 0.29) is 10.8 Å². The van der Waals surface area contributed by atoms with Crippen molar-refractivity contribution < 1.29 is 13.2 Å². The molecule has 1 aliphatic rings. The molecular formula is C28H42N2O3SSi. The van der Waals surface area contributed by atoms with Crippen molar-refractivity contribution in [3.63, 3.8) is 0 Å². The van der Waals surface area contributed by atoms with Crippen LogP contribution in [0.1, 0.15) is 49.5 Å². The Hall–Kier alpha value is -1.80. The Balaban J connectivity index is 1.53. The zero-order valence-corrected chi connectivity index (χ0v) is 24.1. The zero-order chi connectivity index (χ0) is 25.9. The van der Waals surface area contributed by atoms with Gasteiger partial charge in [0.05, 0.1) is 13.0 Å². The van der Waals surface area contributed by atoms with Crippen molar-refractivity contribution in [3.05, 3.63) is 59.7 Å². The molecule has 1 fully saturated rings. The summed E-state index contributed by atoms with van der Waals surface area (Å²) in [5.74, 6) is 0.234. The van der Waals surface area contributed by atoms with Gasteiger partial charge in [0.25, 0.3) is 0 Å². The number of Topliss-reactive ketones (excluding diaryl/α,β-unsaturated/α-hetero) is 1. The minimum atomic E-state index is -3.16. The lowest BCUT2D eigenvalue weighted by Gasteiger charge is -2.37. The molecule has 1 saturated heterocycles. The van der Waals surface area contributed by atoms with E-state index in [1.807, 2.05) is 18.2 Å². The quantitative estimate of drug-likeness (QED) is 0.381. The van der Waals surface area contributed by atoms with Gasteiger partial charge in [-0.2, -0.15) is 0 Å². The molecule has 5 nitrogen and oxygen atoms in total. The van der Waals surface area contributed by atoms with E-state index in [9.17, 15) is 13.2 Å². The molecule has 1 aliphatic heterocycles. The van der Waals surface area contributed by atoms with Crippen molar-refractivity contribution in [1.82, 2.24) is 9.80 Å². The van der Waals surface area contributed by atoms with Crippen LogP contribution >= 0.6 is 0 Å². The van der Waals surface area contributed by atoms with Gasteiger partial charge in [0.2, 0.25) is 0 Å². The number of benzene rings is 2. The summed E-state index contributed by atoms with van der Waals surface area (Å²) < 4.78 is 23.4. The SMILES string of the molecule is CC(C)(C)[Si](C)(C)c1cccc(C(=O)CCN2CCCN(Cc3ccc(S(C)(=O)=O)cc3)CC2)c1. The molecule has 192 valence electrons. The number of hydrogen-bond donors (Lipinski definition) is 0. The van der Waals surface area contributed by atoms with Gasteiger partial charge in [-0.05, 0) is 42.2 Å². The Morgan fingerprint density at radius 1 is 0.943 bits per heavy atom. The van der Waals surface area contributed by atoms with Gasteiger partial charge in [0.1, 0.15) is 0 Å². The lowest BCUT2D eigenvalue weighted by atomic mass is 10.1. The predicted octanol–water partition coefficient (Wildman–Crippen LogP) is 4.59. The van der Waals surface area contributed by atoms with Crippen molar-refractivity contribution in [2.75, 3.05) is 39.0 Å². The van der Waals surface area contributed by atoms with Crippen LogP contribution in [0.15, 0.2) is 53.4 Å². The topological polar surface area (TPSA) is 57.7 Å². The van der Waals surface area contributed by atoms with Gasteiger partial charge in [-0.1, -0.05) is 75.5 Å². The molecule has 7 heteroatoms. The normalized spacial score (nSPS) is 16.7. The molecule has 0 spiro atoms. The van der Waals surface area contributed by atoms with Crippen LogP contribution in [0.4, 0.5) is 0 Å². The second-order valence-electron chi connectivity index (χ2n) is 11.5. The Morgan fingerprint density at radius 3 is 2.20 bits per heavy atom. The number of ketones is 1. The smallest absolute Gasteiger partial charge is 0.175 e. The lowest BCUT2D eigenvalue weighted by molar-refractivity contribution is 0.0964. The van der Waals surface area contributed by atoms with Gasteiger partial charge in [-0.25, -0.2) is 8.42 Å². The average Bonchev–Trinajstić information content (AvgIpc) is 3.01. The Bertz CT molecular complexity index is 1120. The minimum absolute atomic E-state index is 0.234. The zero-order valence-electron chi connectivity index (χ0n) is 22.3. The number of hydrogen-bond acceptors (Lipinski definition) is 5. The van der Waals surface area contributed by atoms with Gasteiger partial charge >= 0.3 is 0 Å². The van der Waals surface area contributed by atoms with E-state index in [1.54, 1.807) is 12.1 Å². The third-order valence-corrected chi connectivity index (χ3v) is 14.5. The van der Waals surface area contributed by atoms with E-state index < -0.39 is 17.9 Å². The standard InChI is InChI=1S/C28H42N2O3SSi/c1-28(2,3)35(5,6)26-10-7-9-24(21-26)27(31)15-18-29-16-8-17-30(20-19-29)22-23-11-13-25(14-12-23)34(4,32)33/h7,9-14,21H,8,15-20,22H2,1-6H3. The Morgan fingerprint density at radius 2 is 1.57 bits per heavy atom. The van der Waals surface area contributed by atoms with Gasteiger partial charge in [0.15, 0.2) is 15.6 Å². The van der Waals surface area contributed by atoms with E-state index in [0.717, 1.165) is 56.8 Å². The first-order valence-electron chi connectivity index (χ1n) is 12.6. The first-order chi connectivity index (χ1) is 16.3. The molecular weight excluding hydrogens is 472 g/mol. The summed E-state index contributed by atoms with van der Waals surface area (Å²) in [7, 11) is -4.83. The third kappa shape index (κ3) is 7.35. The molecule has 0 atom stereocenters. The fraction of sp³-hybridized carbons (Fsp3) is 0.536. The number of carbonyl (C=O) groups excluding carboxylic acids is 1. The first kappa shape index (κ1) is 27.8. The van der Waals surface area contributed by atoms with E-state index in [1.165, 1.54) is 11.4 Å². The summed E-state index contributed by atoms with van der Waals surface area (Å²) in [4.78, 5) is 18.2.